The molecule has 4 N–H and O–H groups in total. The van der Waals surface area contributed by atoms with Crippen LogP contribution in [0.15, 0.2) is 42.9 Å². The quantitative estimate of drug-likeness (QED) is 0.622. The number of rotatable bonds is 6. The summed E-state index contributed by atoms with van der Waals surface area (Å²) in [6.45, 7) is 2.64. The van der Waals surface area contributed by atoms with Crippen molar-refractivity contribution >= 4 is 17.7 Å². The van der Waals surface area contributed by atoms with E-state index in [0.717, 1.165) is 25.7 Å². The molecule has 9 nitrogen and oxygen atoms in total. The van der Waals surface area contributed by atoms with E-state index in [-0.39, 0.29) is 23.8 Å². The Hall–Kier alpha value is -3.20. The lowest BCUT2D eigenvalue weighted by molar-refractivity contribution is -0.133. The second-order valence-electron chi connectivity index (χ2n) is 8.51. The third-order valence-corrected chi connectivity index (χ3v) is 6.57. The maximum absolute atomic E-state index is 13.2. The summed E-state index contributed by atoms with van der Waals surface area (Å²) in [4.78, 5) is 48.8. The zero-order valence-electron chi connectivity index (χ0n) is 18.1. The summed E-state index contributed by atoms with van der Waals surface area (Å²) in [5.74, 6) is -0.947. The van der Waals surface area contributed by atoms with Crippen LogP contribution in [0, 0.1) is 5.92 Å². The van der Waals surface area contributed by atoms with Crippen LogP contribution in [0.5, 0.6) is 0 Å². The standard InChI is InChI=1S/C23H30N6O3/c24-21(30)20(16-6-2-1-3-7-16)27-22(31)17-8-4-5-9-19(17)28-10-12-29(13-11-28)23(32)18-14-25-15-26-18/h1-3,6-7,14-15,17,19-20H,4-5,8-13H2,(H2,24,30)(H,25,26)(H,27,31)/t17-,19-,20+/m1/s1. The highest BCUT2D eigenvalue weighted by Gasteiger charge is 2.38. The first-order valence-electron chi connectivity index (χ1n) is 11.2. The average molecular weight is 439 g/mol. The van der Waals surface area contributed by atoms with Crippen LogP contribution >= 0.6 is 0 Å². The van der Waals surface area contributed by atoms with Crippen LogP contribution in [0.3, 0.4) is 0 Å². The largest absolute Gasteiger partial charge is 0.368 e. The molecule has 0 bridgehead atoms. The van der Waals surface area contributed by atoms with E-state index in [1.165, 1.54) is 12.5 Å². The van der Waals surface area contributed by atoms with Crippen molar-refractivity contribution in [3.8, 4) is 0 Å². The number of hydrogen-bond acceptors (Lipinski definition) is 5. The van der Waals surface area contributed by atoms with E-state index in [1.807, 2.05) is 23.1 Å². The van der Waals surface area contributed by atoms with Crippen LogP contribution in [0.2, 0.25) is 0 Å². The first kappa shape index (κ1) is 22.0. The Bertz CT molecular complexity index is 924. The van der Waals surface area contributed by atoms with E-state index in [2.05, 4.69) is 20.2 Å². The number of aromatic nitrogens is 2. The maximum atomic E-state index is 13.2. The monoisotopic (exact) mass is 438 g/mol. The predicted octanol–water partition coefficient (Wildman–Crippen LogP) is 1.07. The van der Waals surface area contributed by atoms with Crippen molar-refractivity contribution in [1.82, 2.24) is 25.1 Å². The molecule has 1 saturated heterocycles. The Balaban J connectivity index is 1.40. The minimum Gasteiger partial charge on any atom is -0.368 e. The summed E-state index contributed by atoms with van der Waals surface area (Å²) in [5.41, 5.74) is 6.78. The summed E-state index contributed by atoms with van der Waals surface area (Å²) < 4.78 is 0. The zero-order chi connectivity index (χ0) is 22.5. The number of carbonyl (C=O) groups excluding carboxylic acids is 3. The van der Waals surface area contributed by atoms with Crippen molar-refractivity contribution in [2.24, 2.45) is 11.7 Å². The summed E-state index contributed by atoms with van der Waals surface area (Å²) in [7, 11) is 0. The number of nitrogens with two attached hydrogens (primary N) is 1. The molecule has 0 radical (unpaired) electrons. The summed E-state index contributed by atoms with van der Waals surface area (Å²) in [6.07, 6.45) is 6.81. The third kappa shape index (κ3) is 4.83. The number of hydrogen-bond donors (Lipinski definition) is 3. The molecule has 0 spiro atoms. The number of primary amides is 1. The maximum Gasteiger partial charge on any atom is 0.272 e. The minimum atomic E-state index is -0.838. The molecule has 32 heavy (non-hydrogen) atoms. The molecule has 3 atom stereocenters. The molecule has 170 valence electrons. The van der Waals surface area contributed by atoms with Crippen LogP contribution in [0.25, 0.3) is 0 Å². The van der Waals surface area contributed by atoms with Crippen molar-refractivity contribution in [3.05, 3.63) is 54.1 Å². The normalized spacial score (nSPS) is 22.8. The Morgan fingerprint density at radius 3 is 2.44 bits per heavy atom. The number of H-pyrrole nitrogens is 1. The van der Waals surface area contributed by atoms with Gasteiger partial charge in [0.1, 0.15) is 11.7 Å². The van der Waals surface area contributed by atoms with Crippen molar-refractivity contribution < 1.29 is 14.4 Å². The number of nitrogens with one attached hydrogen (secondary N) is 2. The Morgan fingerprint density at radius 1 is 1.06 bits per heavy atom. The molecule has 1 aromatic heterocycles. The fraction of sp³-hybridized carbons (Fsp3) is 0.478. The molecule has 1 aliphatic carbocycles. The van der Waals surface area contributed by atoms with Gasteiger partial charge in [-0.3, -0.25) is 19.3 Å². The van der Waals surface area contributed by atoms with E-state index in [0.29, 0.717) is 37.4 Å². The lowest BCUT2D eigenvalue weighted by Crippen LogP contribution is -2.56. The van der Waals surface area contributed by atoms with Gasteiger partial charge in [0.05, 0.1) is 18.4 Å². The van der Waals surface area contributed by atoms with Gasteiger partial charge in [-0.1, -0.05) is 43.2 Å². The molecule has 2 aromatic rings. The van der Waals surface area contributed by atoms with E-state index in [4.69, 9.17) is 5.73 Å². The molecule has 1 aliphatic heterocycles. The Labute approximate surface area is 187 Å². The molecule has 0 unspecified atom stereocenters. The van der Waals surface area contributed by atoms with Gasteiger partial charge in [-0.25, -0.2) is 4.98 Å². The van der Waals surface area contributed by atoms with E-state index >= 15 is 0 Å². The van der Waals surface area contributed by atoms with E-state index in [9.17, 15) is 14.4 Å². The highest BCUT2D eigenvalue weighted by molar-refractivity contribution is 5.92. The van der Waals surface area contributed by atoms with Gasteiger partial charge in [-0.15, -0.1) is 0 Å². The number of aromatic amines is 1. The van der Waals surface area contributed by atoms with Gasteiger partial charge in [0, 0.05) is 32.2 Å². The summed E-state index contributed by atoms with van der Waals surface area (Å²) >= 11 is 0. The molecule has 4 rings (SSSR count). The van der Waals surface area contributed by atoms with Crippen molar-refractivity contribution in [2.75, 3.05) is 26.2 Å². The third-order valence-electron chi connectivity index (χ3n) is 6.57. The fourth-order valence-corrected chi connectivity index (χ4v) is 4.87. The SMILES string of the molecule is NC(=O)[C@@H](NC(=O)[C@@H]1CCCC[C@H]1N1CCN(C(=O)c2cnc[nH]2)CC1)c1ccccc1. The predicted molar refractivity (Wildman–Crippen MR) is 118 cm³/mol. The van der Waals surface area contributed by atoms with Gasteiger partial charge >= 0.3 is 0 Å². The summed E-state index contributed by atoms with van der Waals surface area (Å²) in [5, 5.41) is 2.90. The smallest absolute Gasteiger partial charge is 0.272 e. The number of amides is 3. The van der Waals surface area contributed by atoms with Crippen LogP contribution in [-0.2, 0) is 9.59 Å². The number of piperazine rings is 1. The van der Waals surface area contributed by atoms with Crippen LogP contribution in [-0.4, -0.2) is 69.7 Å². The second-order valence-corrected chi connectivity index (χ2v) is 8.51. The van der Waals surface area contributed by atoms with Gasteiger partial charge < -0.3 is 20.9 Å². The first-order chi connectivity index (χ1) is 15.5. The summed E-state index contributed by atoms with van der Waals surface area (Å²) in [6, 6.07) is 8.36. The fourth-order valence-electron chi connectivity index (χ4n) is 4.87. The van der Waals surface area contributed by atoms with E-state index < -0.39 is 11.9 Å². The van der Waals surface area contributed by atoms with Crippen LogP contribution < -0.4 is 11.1 Å². The molecular formula is C23H30N6O3. The Morgan fingerprint density at radius 2 is 1.78 bits per heavy atom. The molecule has 2 heterocycles. The lowest BCUT2D eigenvalue weighted by Gasteiger charge is -2.43. The van der Waals surface area contributed by atoms with Gasteiger partial charge in [0.2, 0.25) is 11.8 Å². The molecule has 2 fully saturated rings. The zero-order valence-corrected chi connectivity index (χ0v) is 18.1. The molecular weight excluding hydrogens is 408 g/mol. The number of carbonyl (C=O) groups is 3. The Kier molecular flexibility index (Phi) is 6.84. The molecule has 3 amide bonds. The first-order valence-corrected chi connectivity index (χ1v) is 11.2. The van der Waals surface area contributed by atoms with Gasteiger partial charge in [0.15, 0.2) is 0 Å². The molecule has 1 saturated carbocycles. The average Bonchev–Trinajstić information content (AvgIpc) is 3.37. The number of benzene rings is 1. The van der Waals surface area contributed by atoms with Crippen molar-refractivity contribution in [1.29, 1.82) is 0 Å². The van der Waals surface area contributed by atoms with Gasteiger partial charge in [-0.2, -0.15) is 0 Å². The highest BCUT2D eigenvalue weighted by Crippen LogP contribution is 2.30. The number of imidazole rings is 1. The second kappa shape index (κ2) is 9.95. The van der Waals surface area contributed by atoms with Gasteiger partial charge in [0.25, 0.3) is 5.91 Å². The van der Waals surface area contributed by atoms with Crippen LogP contribution in [0.4, 0.5) is 0 Å². The van der Waals surface area contributed by atoms with Crippen molar-refractivity contribution in [2.45, 2.75) is 37.8 Å². The highest BCUT2D eigenvalue weighted by atomic mass is 16.2. The number of nitrogens with zero attached hydrogens (tertiary/aromatic N) is 3. The lowest BCUT2D eigenvalue weighted by atomic mass is 9.82. The van der Waals surface area contributed by atoms with Crippen molar-refractivity contribution in [3.63, 3.8) is 0 Å². The molecule has 9 heteroatoms. The van der Waals surface area contributed by atoms with Crippen LogP contribution in [0.1, 0.15) is 47.8 Å². The molecule has 2 aliphatic rings. The topological polar surface area (TPSA) is 124 Å². The van der Waals surface area contributed by atoms with Gasteiger partial charge in [-0.05, 0) is 18.4 Å². The minimum absolute atomic E-state index is 0.0488. The molecule has 1 aromatic carbocycles. The van der Waals surface area contributed by atoms with E-state index in [1.54, 1.807) is 12.1 Å².